The molecule has 0 aliphatic heterocycles. The molecule has 1 aromatic carbocycles. The summed E-state index contributed by atoms with van der Waals surface area (Å²) in [6.07, 6.45) is 1.55. The molecule has 2 heterocycles. The molecule has 0 unspecified atom stereocenters. The minimum absolute atomic E-state index is 0.207. The van der Waals surface area contributed by atoms with Crippen LogP contribution in [0, 0.1) is 0 Å². The molecule has 28 heavy (non-hydrogen) atoms. The summed E-state index contributed by atoms with van der Waals surface area (Å²) in [5.74, 6) is -0.275. The van der Waals surface area contributed by atoms with Crippen LogP contribution in [0.15, 0.2) is 59.2 Å². The van der Waals surface area contributed by atoms with Crippen molar-refractivity contribution in [3.05, 3.63) is 81.4 Å². The van der Waals surface area contributed by atoms with Crippen molar-refractivity contribution < 1.29 is 23.5 Å². The molecule has 3 rings (SSSR count). The fraction of sp³-hybridized carbons (Fsp3) is 0.150. The molecule has 0 fully saturated rings. The normalized spacial score (nSPS) is 10.3. The van der Waals surface area contributed by atoms with Gasteiger partial charge in [0.15, 0.2) is 0 Å². The van der Waals surface area contributed by atoms with Crippen molar-refractivity contribution in [3.8, 4) is 0 Å². The number of ether oxygens (including phenoxy) is 1. The summed E-state index contributed by atoms with van der Waals surface area (Å²) in [5.41, 5.74) is 1.36. The molecule has 0 aliphatic carbocycles. The maximum absolute atomic E-state index is 12.2. The van der Waals surface area contributed by atoms with Gasteiger partial charge < -0.3 is 19.8 Å². The van der Waals surface area contributed by atoms with Gasteiger partial charge in [-0.1, -0.05) is 12.1 Å². The molecule has 0 aliphatic rings. The highest BCUT2D eigenvalue weighted by molar-refractivity contribution is 7.15. The van der Waals surface area contributed by atoms with E-state index in [1.54, 1.807) is 54.8 Å². The van der Waals surface area contributed by atoms with Gasteiger partial charge in [0.2, 0.25) is 0 Å². The van der Waals surface area contributed by atoms with Crippen molar-refractivity contribution in [2.75, 3.05) is 7.11 Å². The van der Waals surface area contributed by atoms with E-state index in [-0.39, 0.29) is 11.8 Å². The highest BCUT2D eigenvalue weighted by Crippen LogP contribution is 2.17. The Morgan fingerprint density at radius 1 is 0.929 bits per heavy atom. The molecular weight excluding hydrogens is 380 g/mol. The monoisotopic (exact) mass is 398 g/mol. The Balaban J connectivity index is 1.51. The molecule has 2 aromatic heterocycles. The second kappa shape index (κ2) is 9.01. The summed E-state index contributed by atoms with van der Waals surface area (Å²) >= 11 is 1.07. The van der Waals surface area contributed by atoms with Crippen LogP contribution < -0.4 is 10.6 Å². The third-order valence-corrected chi connectivity index (χ3v) is 4.95. The van der Waals surface area contributed by atoms with Crippen molar-refractivity contribution in [2.45, 2.75) is 13.1 Å². The van der Waals surface area contributed by atoms with E-state index in [9.17, 15) is 14.4 Å². The average molecular weight is 398 g/mol. The molecule has 0 atom stereocenters. The van der Waals surface area contributed by atoms with Crippen LogP contribution in [0.3, 0.4) is 0 Å². The van der Waals surface area contributed by atoms with Crippen molar-refractivity contribution in [1.82, 2.24) is 10.6 Å². The van der Waals surface area contributed by atoms with Crippen LogP contribution in [-0.2, 0) is 17.8 Å². The molecular formula is C20H18N2O5S. The Morgan fingerprint density at radius 2 is 1.64 bits per heavy atom. The van der Waals surface area contributed by atoms with E-state index in [1.807, 2.05) is 0 Å². The first-order chi connectivity index (χ1) is 13.6. The Kier molecular flexibility index (Phi) is 6.23. The summed E-state index contributed by atoms with van der Waals surface area (Å²) < 4.78 is 9.80. The number of hydrogen-bond acceptors (Lipinski definition) is 6. The van der Waals surface area contributed by atoms with E-state index in [2.05, 4.69) is 15.4 Å². The Morgan fingerprint density at radius 3 is 2.32 bits per heavy atom. The largest absolute Gasteiger partial charge is 0.467 e. The summed E-state index contributed by atoms with van der Waals surface area (Å²) in [7, 11) is 1.29. The predicted molar refractivity (Wildman–Crippen MR) is 103 cm³/mol. The van der Waals surface area contributed by atoms with Crippen LogP contribution in [0.5, 0.6) is 0 Å². The lowest BCUT2D eigenvalue weighted by Gasteiger charge is -2.06. The molecule has 2 amide bonds. The predicted octanol–water partition coefficient (Wildman–Crippen LogP) is 2.99. The van der Waals surface area contributed by atoms with E-state index < -0.39 is 5.97 Å². The number of amides is 2. The SMILES string of the molecule is COC(=O)c1ccc(C(=O)NCc2ccc(C(=O)NCc3ccco3)cc2)s1. The van der Waals surface area contributed by atoms with Crippen molar-refractivity contribution in [1.29, 1.82) is 0 Å². The lowest BCUT2D eigenvalue weighted by atomic mass is 10.1. The van der Waals surface area contributed by atoms with Gasteiger partial charge in [-0.3, -0.25) is 9.59 Å². The first-order valence-corrected chi connectivity index (χ1v) is 9.24. The van der Waals surface area contributed by atoms with Gasteiger partial charge in [-0.2, -0.15) is 0 Å². The van der Waals surface area contributed by atoms with Crippen LogP contribution >= 0.6 is 11.3 Å². The Labute approximate surface area is 165 Å². The van der Waals surface area contributed by atoms with E-state index in [4.69, 9.17) is 4.42 Å². The third-order valence-electron chi connectivity index (χ3n) is 3.89. The van der Waals surface area contributed by atoms with E-state index in [1.165, 1.54) is 7.11 Å². The van der Waals surface area contributed by atoms with Gasteiger partial charge in [-0.25, -0.2) is 4.79 Å². The number of nitrogens with one attached hydrogen (secondary N) is 2. The van der Waals surface area contributed by atoms with Gasteiger partial charge in [0.1, 0.15) is 10.6 Å². The summed E-state index contributed by atoms with van der Waals surface area (Å²) in [4.78, 5) is 36.6. The number of methoxy groups -OCH3 is 1. The van der Waals surface area contributed by atoms with Crippen LogP contribution in [-0.4, -0.2) is 24.9 Å². The molecule has 0 radical (unpaired) electrons. The minimum atomic E-state index is -0.468. The molecule has 0 saturated carbocycles. The van der Waals surface area contributed by atoms with Gasteiger partial charge in [0.05, 0.1) is 24.8 Å². The van der Waals surface area contributed by atoms with Crippen molar-refractivity contribution in [3.63, 3.8) is 0 Å². The lowest BCUT2D eigenvalue weighted by Crippen LogP contribution is -2.23. The van der Waals surface area contributed by atoms with Gasteiger partial charge >= 0.3 is 5.97 Å². The van der Waals surface area contributed by atoms with Gasteiger partial charge in [0.25, 0.3) is 11.8 Å². The third kappa shape index (κ3) is 4.86. The number of hydrogen-bond donors (Lipinski definition) is 2. The zero-order chi connectivity index (χ0) is 19.9. The zero-order valence-corrected chi connectivity index (χ0v) is 15.9. The molecule has 2 N–H and O–H groups in total. The fourth-order valence-electron chi connectivity index (χ4n) is 2.40. The number of benzene rings is 1. The number of carbonyl (C=O) groups is 3. The summed E-state index contributed by atoms with van der Waals surface area (Å²) in [6, 6.07) is 13.6. The second-order valence-corrected chi connectivity index (χ2v) is 6.88. The number of rotatable bonds is 7. The average Bonchev–Trinajstić information content (AvgIpc) is 3.42. The molecule has 0 bridgehead atoms. The summed E-state index contributed by atoms with van der Waals surface area (Å²) in [6.45, 7) is 0.622. The van der Waals surface area contributed by atoms with Crippen molar-refractivity contribution >= 4 is 29.1 Å². The Bertz CT molecular complexity index is 961. The summed E-state index contributed by atoms with van der Waals surface area (Å²) in [5, 5.41) is 5.55. The molecule has 144 valence electrons. The van der Waals surface area contributed by atoms with Gasteiger partial charge in [-0.05, 0) is 42.0 Å². The molecule has 0 saturated heterocycles. The molecule has 8 heteroatoms. The minimum Gasteiger partial charge on any atom is -0.467 e. The van der Waals surface area contributed by atoms with Crippen LogP contribution in [0.4, 0.5) is 0 Å². The van der Waals surface area contributed by atoms with Crippen molar-refractivity contribution in [2.24, 2.45) is 0 Å². The highest BCUT2D eigenvalue weighted by Gasteiger charge is 2.14. The standard InChI is InChI=1S/C20H18N2O5S/c1-26-20(25)17-9-8-16(28-17)19(24)21-11-13-4-6-14(7-5-13)18(23)22-12-15-3-2-10-27-15/h2-10H,11-12H2,1H3,(H,21,24)(H,22,23). The maximum Gasteiger partial charge on any atom is 0.348 e. The van der Waals surface area contributed by atoms with E-state index in [0.29, 0.717) is 34.2 Å². The highest BCUT2D eigenvalue weighted by atomic mass is 32.1. The number of esters is 1. The topological polar surface area (TPSA) is 97.6 Å². The quantitative estimate of drug-likeness (QED) is 0.596. The Hall–Kier alpha value is -3.39. The first kappa shape index (κ1) is 19.4. The molecule has 0 spiro atoms. The van der Waals surface area contributed by atoms with E-state index >= 15 is 0 Å². The van der Waals surface area contributed by atoms with Gasteiger partial charge in [-0.15, -0.1) is 11.3 Å². The second-order valence-electron chi connectivity index (χ2n) is 5.80. The number of carbonyl (C=O) groups excluding carboxylic acids is 3. The first-order valence-electron chi connectivity index (χ1n) is 8.42. The zero-order valence-electron chi connectivity index (χ0n) is 15.1. The van der Waals surface area contributed by atoms with Gasteiger partial charge in [0, 0.05) is 12.1 Å². The lowest BCUT2D eigenvalue weighted by molar-refractivity contribution is 0.0606. The molecule has 7 nitrogen and oxygen atoms in total. The maximum atomic E-state index is 12.2. The van der Waals surface area contributed by atoms with E-state index in [0.717, 1.165) is 16.9 Å². The smallest absolute Gasteiger partial charge is 0.348 e. The van der Waals surface area contributed by atoms with Crippen LogP contribution in [0.25, 0.3) is 0 Å². The number of furan rings is 1. The molecule has 3 aromatic rings. The number of thiophene rings is 1. The fourth-order valence-corrected chi connectivity index (χ4v) is 3.24. The van der Waals surface area contributed by atoms with Crippen LogP contribution in [0.1, 0.15) is 41.0 Å². The van der Waals surface area contributed by atoms with Crippen LogP contribution in [0.2, 0.25) is 0 Å².